The van der Waals surface area contributed by atoms with E-state index in [1.807, 2.05) is 12.1 Å². The summed E-state index contributed by atoms with van der Waals surface area (Å²) >= 11 is 1.70. The number of fused-ring (bicyclic) bond motifs is 1. The number of hydrogen-bond acceptors (Lipinski definition) is 3. The van der Waals surface area contributed by atoms with Gasteiger partial charge in [-0.25, -0.2) is 4.98 Å². The maximum absolute atomic E-state index is 9.72. The van der Waals surface area contributed by atoms with Crippen molar-refractivity contribution in [3.63, 3.8) is 0 Å². The molecule has 0 aliphatic heterocycles. The lowest BCUT2D eigenvalue weighted by atomic mass is 10.0. The molecule has 5 rings (SSSR count). The number of rotatable bonds is 5. The van der Waals surface area contributed by atoms with Crippen molar-refractivity contribution < 1.29 is 5.11 Å². The van der Waals surface area contributed by atoms with Gasteiger partial charge in [-0.2, -0.15) is 0 Å². The van der Waals surface area contributed by atoms with Crippen LogP contribution in [0, 0.1) is 13.8 Å². The molecule has 3 aromatic carbocycles. The van der Waals surface area contributed by atoms with Gasteiger partial charge in [0.05, 0.1) is 5.69 Å². The highest BCUT2D eigenvalue weighted by Crippen LogP contribution is 2.35. The number of phenolic OH excluding ortho intramolecular Hbond substituents is 1. The van der Waals surface area contributed by atoms with Gasteiger partial charge in [-0.15, -0.1) is 0 Å². The molecule has 164 valence electrons. The van der Waals surface area contributed by atoms with Crippen molar-refractivity contribution in [1.29, 1.82) is 0 Å². The van der Waals surface area contributed by atoms with Crippen LogP contribution in [0.4, 0.5) is 0 Å². The van der Waals surface area contributed by atoms with Crippen LogP contribution in [0.3, 0.4) is 0 Å². The van der Waals surface area contributed by atoms with Crippen molar-refractivity contribution in [3.05, 3.63) is 107 Å². The van der Waals surface area contributed by atoms with Gasteiger partial charge in [0.1, 0.15) is 16.4 Å². The van der Waals surface area contributed by atoms with Gasteiger partial charge >= 0.3 is 0 Å². The number of nitrogens with zero attached hydrogens (tertiary/aromatic N) is 2. The third kappa shape index (κ3) is 4.53. The molecule has 0 amide bonds. The van der Waals surface area contributed by atoms with E-state index in [0.717, 1.165) is 33.7 Å². The predicted octanol–water partition coefficient (Wildman–Crippen LogP) is 7.30. The minimum atomic E-state index is 0.271. The summed E-state index contributed by atoms with van der Waals surface area (Å²) in [7, 11) is 2.06. The number of aromatic hydroxyl groups is 1. The zero-order chi connectivity index (χ0) is 22.9. The summed E-state index contributed by atoms with van der Waals surface area (Å²) in [6.07, 6.45) is 0.848. The second-order valence-electron chi connectivity index (χ2n) is 8.58. The second-order valence-corrected chi connectivity index (χ2v) is 9.67. The fourth-order valence-corrected chi connectivity index (χ4v) is 5.24. The Balaban J connectivity index is 1.65. The predicted molar refractivity (Wildman–Crippen MR) is 137 cm³/mol. The fraction of sp³-hybridized carbons (Fsp3) is 0.138. The van der Waals surface area contributed by atoms with Gasteiger partial charge in [-0.05, 0) is 85.5 Å². The summed E-state index contributed by atoms with van der Waals surface area (Å²) < 4.78 is 2.15. The van der Waals surface area contributed by atoms with Gasteiger partial charge in [0, 0.05) is 17.3 Å². The van der Waals surface area contributed by atoms with Gasteiger partial charge in [0.25, 0.3) is 0 Å². The molecule has 2 heterocycles. The molecule has 33 heavy (non-hydrogen) atoms. The summed E-state index contributed by atoms with van der Waals surface area (Å²) in [5.41, 5.74) is 8.19. The van der Waals surface area contributed by atoms with E-state index in [9.17, 15) is 5.11 Å². The van der Waals surface area contributed by atoms with Crippen LogP contribution in [0.25, 0.3) is 22.3 Å². The zero-order valence-corrected chi connectivity index (χ0v) is 19.9. The van der Waals surface area contributed by atoms with Crippen molar-refractivity contribution in [3.8, 4) is 17.0 Å². The molecule has 0 fully saturated rings. The van der Waals surface area contributed by atoms with Gasteiger partial charge in [-0.1, -0.05) is 59.3 Å². The van der Waals surface area contributed by atoms with Crippen LogP contribution in [-0.2, 0) is 13.5 Å². The van der Waals surface area contributed by atoms with E-state index in [1.165, 1.54) is 27.1 Å². The van der Waals surface area contributed by atoms with Crippen LogP contribution < -0.4 is 0 Å². The number of pyridine rings is 1. The molecule has 4 heteroatoms. The second kappa shape index (κ2) is 8.80. The molecule has 3 nitrogen and oxygen atoms in total. The topological polar surface area (TPSA) is 38.1 Å². The normalized spacial score (nSPS) is 11.2. The van der Waals surface area contributed by atoms with Crippen molar-refractivity contribution in [2.75, 3.05) is 0 Å². The third-order valence-electron chi connectivity index (χ3n) is 5.91. The van der Waals surface area contributed by atoms with E-state index >= 15 is 0 Å². The van der Waals surface area contributed by atoms with Crippen molar-refractivity contribution >= 4 is 22.8 Å². The molecule has 5 aromatic rings. The van der Waals surface area contributed by atoms with E-state index in [-0.39, 0.29) is 5.75 Å². The molecule has 1 N–H and O–H groups in total. The number of hydrogen-bond donors (Lipinski definition) is 1. The standard InChI is InChI=1S/C29H26N2OS/c1-19-6-4-8-21(14-19)16-23-17-28(33-25-9-5-7-20(2)15-25)30-29-26(23)18-27(31(29)3)22-10-12-24(32)13-11-22/h4-15,17-18,32H,16H2,1-3H3. The summed E-state index contributed by atoms with van der Waals surface area (Å²) in [6.45, 7) is 4.25. The lowest BCUT2D eigenvalue weighted by Gasteiger charge is -2.10. The summed E-state index contributed by atoms with van der Waals surface area (Å²) in [6, 6.07) is 29.1. The van der Waals surface area contributed by atoms with E-state index < -0.39 is 0 Å². The maximum Gasteiger partial charge on any atom is 0.141 e. The Morgan fingerprint density at radius 1 is 0.848 bits per heavy atom. The van der Waals surface area contributed by atoms with Crippen molar-refractivity contribution in [2.45, 2.75) is 30.2 Å². The first-order chi connectivity index (χ1) is 16.0. The minimum Gasteiger partial charge on any atom is -0.508 e. The van der Waals surface area contributed by atoms with Crippen LogP contribution in [0.5, 0.6) is 5.75 Å². The first kappa shape index (κ1) is 21.4. The largest absolute Gasteiger partial charge is 0.508 e. The molecule has 0 aliphatic rings. The molecular weight excluding hydrogens is 424 g/mol. The van der Waals surface area contributed by atoms with E-state index in [1.54, 1.807) is 23.9 Å². The van der Waals surface area contributed by atoms with Crippen LogP contribution in [0.15, 0.2) is 94.9 Å². The minimum absolute atomic E-state index is 0.271. The lowest BCUT2D eigenvalue weighted by molar-refractivity contribution is 0.475. The third-order valence-corrected chi connectivity index (χ3v) is 6.82. The molecule has 2 aromatic heterocycles. The zero-order valence-electron chi connectivity index (χ0n) is 19.0. The maximum atomic E-state index is 9.72. The fourth-order valence-electron chi connectivity index (χ4n) is 4.28. The molecule has 0 saturated heterocycles. The molecule has 0 radical (unpaired) electrons. The Kier molecular flexibility index (Phi) is 5.69. The monoisotopic (exact) mass is 450 g/mol. The average Bonchev–Trinajstić information content (AvgIpc) is 3.11. The van der Waals surface area contributed by atoms with E-state index in [4.69, 9.17) is 4.98 Å². The van der Waals surface area contributed by atoms with E-state index in [2.05, 4.69) is 86.1 Å². The lowest BCUT2D eigenvalue weighted by Crippen LogP contribution is -1.97. The van der Waals surface area contributed by atoms with Crippen LogP contribution in [0.1, 0.15) is 22.3 Å². The van der Waals surface area contributed by atoms with Crippen molar-refractivity contribution in [1.82, 2.24) is 9.55 Å². The molecular formula is C29H26N2OS. The molecule has 0 atom stereocenters. The molecule has 0 unspecified atom stereocenters. The Morgan fingerprint density at radius 3 is 2.30 bits per heavy atom. The first-order valence-electron chi connectivity index (χ1n) is 11.0. The van der Waals surface area contributed by atoms with Crippen LogP contribution >= 0.6 is 11.8 Å². The van der Waals surface area contributed by atoms with Gasteiger partial charge < -0.3 is 9.67 Å². The van der Waals surface area contributed by atoms with E-state index in [0.29, 0.717) is 0 Å². The summed E-state index contributed by atoms with van der Waals surface area (Å²) in [5.74, 6) is 0.271. The molecule has 0 saturated carbocycles. The quantitative estimate of drug-likeness (QED) is 0.305. The summed E-state index contributed by atoms with van der Waals surface area (Å²) in [5, 5.41) is 11.9. The Hall–Kier alpha value is -3.50. The highest BCUT2D eigenvalue weighted by molar-refractivity contribution is 7.99. The van der Waals surface area contributed by atoms with Crippen LogP contribution in [-0.4, -0.2) is 14.7 Å². The molecule has 0 bridgehead atoms. The number of aromatic nitrogens is 2. The highest BCUT2D eigenvalue weighted by Gasteiger charge is 2.15. The highest BCUT2D eigenvalue weighted by atomic mass is 32.2. The number of aryl methyl sites for hydroxylation is 3. The average molecular weight is 451 g/mol. The van der Waals surface area contributed by atoms with Crippen molar-refractivity contribution in [2.24, 2.45) is 7.05 Å². The SMILES string of the molecule is Cc1cccc(Cc2cc(Sc3cccc(C)c3)nc3c2cc(-c2ccc(O)cc2)n3C)c1. The smallest absolute Gasteiger partial charge is 0.141 e. The number of benzene rings is 3. The molecule has 0 aliphatic carbocycles. The van der Waals surface area contributed by atoms with Gasteiger partial charge in [0.15, 0.2) is 0 Å². The van der Waals surface area contributed by atoms with Crippen LogP contribution in [0.2, 0.25) is 0 Å². The number of phenols is 1. The Morgan fingerprint density at radius 2 is 1.58 bits per heavy atom. The Bertz CT molecular complexity index is 1450. The van der Waals surface area contributed by atoms with Gasteiger partial charge in [-0.3, -0.25) is 0 Å². The Labute approximate surface area is 198 Å². The van der Waals surface area contributed by atoms with Gasteiger partial charge in [0.2, 0.25) is 0 Å². The first-order valence-corrected chi connectivity index (χ1v) is 11.9. The summed E-state index contributed by atoms with van der Waals surface area (Å²) in [4.78, 5) is 6.25. The molecule has 0 spiro atoms.